The molecule has 1 N–H and O–H groups in total. The fourth-order valence-corrected chi connectivity index (χ4v) is 4.65. The van der Waals surface area contributed by atoms with Crippen LogP contribution in [0.25, 0.3) is 0 Å². The van der Waals surface area contributed by atoms with Gasteiger partial charge in [0.1, 0.15) is 0 Å². The molecule has 1 aliphatic heterocycles. The van der Waals surface area contributed by atoms with Crippen molar-refractivity contribution in [3.8, 4) is 0 Å². The summed E-state index contributed by atoms with van der Waals surface area (Å²) in [6.07, 6.45) is 1.38. The van der Waals surface area contributed by atoms with Gasteiger partial charge in [-0.25, -0.2) is 8.42 Å². The van der Waals surface area contributed by atoms with Crippen LogP contribution in [-0.4, -0.2) is 31.5 Å². The average molecular weight is 410 g/mol. The zero-order chi connectivity index (χ0) is 19.6. The number of anilines is 2. The Kier molecular flexibility index (Phi) is 5.33. The van der Waals surface area contributed by atoms with Crippen molar-refractivity contribution in [2.24, 2.45) is 0 Å². The van der Waals surface area contributed by atoms with E-state index in [4.69, 9.17) is 11.6 Å². The molecule has 10 heteroatoms. The molecule has 0 bridgehead atoms. The summed E-state index contributed by atoms with van der Waals surface area (Å²) in [6, 6.07) is 10.0. The fourth-order valence-electron chi connectivity index (χ4n) is 2.79. The van der Waals surface area contributed by atoms with Gasteiger partial charge in [-0.05, 0) is 37.1 Å². The zero-order valence-corrected chi connectivity index (χ0v) is 15.7. The number of carbonyl (C=O) groups is 1. The number of nitro benzene ring substituents is 1. The van der Waals surface area contributed by atoms with Crippen molar-refractivity contribution >= 4 is 44.6 Å². The quantitative estimate of drug-likeness (QED) is 0.614. The summed E-state index contributed by atoms with van der Waals surface area (Å²) in [4.78, 5) is 22.7. The molecule has 8 nitrogen and oxygen atoms in total. The molecule has 142 valence electrons. The molecular weight excluding hydrogens is 394 g/mol. The Morgan fingerprint density at radius 3 is 2.63 bits per heavy atom. The molecule has 2 aromatic rings. The van der Waals surface area contributed by atoms with Crippen LogP contribution < -0.4 is 9.62 Å². The predicted octanol–water partition coefficient (Wildman–Crippen LogP) is 3.43. The standard InChI is InChI=1S/C17H16ClN3O5S/c18-15-11-14(21(23)24)6-7-16(15)19-17(22)12-4-3-5-13(10-12)20-8-1-2-9-27(20,25)26/h3-7,10-11H,1-2,8-9H2,(H,19,22). The van der Waals surface area contributed by atoms with Crippen LogP contribution in [0.2, 0.25) is 5.02 Å². The lowest BCUT2D eigenvalue weighted by atomic mass is 10.1. The molecule has 0 unspecified atom stereocenters. The maximum absolute atomic E-state index is 12.5. The lowest BCUT2D eigenvalue weighted by Crippen LogP contribution is -2.37. The second-order valence-corrected chi connectivity index (χ2v) is 8.44. The number of carbonyl (C=O) groups excluding carboxylic acids is 1. The second-order valence-electron chi connectivity index (χ2n) is 6.02. The minimum atomic E-state index is -3.38. The van der Waals surface area contributed by atoms with E-state index in [2.05, 4.69) is 5.32 Å². The van der Waals surface area contributed by atoms with Gasteiger partial charge < -0.3 is 5.32 Å². The number of amides is 1. The normalized spacial score (nSPS) is 16.0. The number of non-ortho nitro benzene ring substituents is 1. The summed E-state index contributed by atoms with van der Waals surface area (Å²) >= 11 is 5.99. The molecule has 1 aliphatic rings. The first-order valence-corrected chi connectivity index (χ1v) is 10.1. The van der Waals surface area contributed by atoms with E-state index in [1.807, 2.05) is 0 Å². The highest BCUT2D eigenvalue weighted by Gasteiger charge is 2.26. The number of benzene rings is 2. The van der Waals surface area contributed by atoms with Gasteiger partial charge in [0.05, 0.1) is 27.1 Å². The van der Waals surface area contributed by atoms with Crippen LogP contribution in [0.4, 0.5) is 17.1 Å². The molecule has 0 aromatic heterocycles. The summed E-state index contributed by atoms with van der Waals surface area (Å²) in [6.45, 7) is 0.377. The minimum absolute atomic E-state index is 0.0345. The third-order valence-electron chi connectivity index (χ3n) is 4.16. The van der Waals surface area contributed by atoms with Crippen molar-refractivity contribution in [1.82, 2.24) is 0 Å². The summed E-state index contributed by atoms with van der Waals surface area (Å²) in [7, 11) is -3.38. The van der Waals surface area contributed by atoms with Crippen LogP contribution in [0.15, 0.2) is 42.5 Å². The predicted molar refractivity (Wildman–Crippen MR) is 103 cm³/mol. The van der Waals surface area contributed by atoms with Crippen molar-refractivity contribution < 1.29 is 18.1 Å². The van der Waals surface area contributed by atoms with Crippen molar-refractivity contribution in [2.75, 3.05) is 21.9 Å². The first-order valence-electron chi connectivity index (χ1n) is 8.14. The number of sulfonamides is 1. The number of hydrogen-bond donors (Lipinski definition) is 1. The first-order chi connectivity index (χ1) is 12.8. The molecule has 1 heterocycles. The Balaban J connectivity index is 1.83. The number of rotatable bonds is 4. The van der Waals surface area contributed by atoms with E-state index < -0.39 is 20.9 Å². The van der Waals surface area contributed by atoms with E-state index >= 15 is 0 Å². The fraction of sp³-hybridized carbons (Fsp3) is 0.235. The number of halogens is 1. The highest BCUT2D eigenvalue weighted by molar-refractivity contribution is 7.92. The maximum Gasteiger partial charge on any atom is 0.271 e. The lowest BCUT2D eigenvalue weighted by Gasteiger charge is -2.28. The number of nitrogens with zero attached hydrogens (tertiary/aromatic N) is 2. The molecule has 1 saturated heterocycles. The van der Waals surface area contributed by atoms with Gasteiger partial charge in [0.2, 0.25) is 10.0 Å². The monoisotopic (exact) mass is 409 g/mol. The van der Waals surface area contributed by atoms with E-state index in [1.165, 1.54) is 22.5 Å². The molecule has 0 atom stereocenters. The summed E-state index contributed by atoms with van der Waals surface area (Å²) < 4.78 is 25.8. The third-order valence-corrected chi connectivity index (χ3v) is 6.34. The highest BCUT2D eigenvalue weighted by atomic mass is 35.5. The van der Waals surface area contributed by atoms with Crippen LogP contribution >= 0.6 is 11.6 Å². The molecule has 0 spiro atoms. The topological polar surface area (TPSA) is 110 Å². The Labute approximate surface area is 160 Å². The van der Waals surface area contributed by atoms with E-state index in [-0.39, 0.29) is 27.7 Å². The summed E-state index contributed by atoms with van der Waals surface area (Å²) in [5.41, 5.74) is 0.721. The van der Waals surface area contributed by atoms with Gasteiger partial charge in [-0.3, -0.25) is 19.2 Å². The van der Waals surface area contributed by atoms with Crippen molar-refractivity contribution in [2.45, 2.75) is 12.8 Å². The van der Waals surface area contributed by atoms with Gasteiger partial charge in [0.25, 0.3) is 11.6 Å². The average Bonchev–Trinajstić information content (AvgIpc) is 2.63. The molecule has 0 aliphatic carbocycles. The molecule has 0 saturated carbocycles. The Morgan fingerprint density at radius 2 is 1.96 bits per heavy atom. The van der Waals surface area contributed by atoms with Crippen molar-refractivity contribution in [1.29, 1.82) is 0 Å². The maximum atomic E-state index is 12.5. The van der Waals surface area contributed by atoms with Gasteiger partial charge in [0.15, 0.2) is 0 Å². The molecule has 2 aromatic carbocycles. The van der Waals surface area contributed by atoms with Crippen LogP contribution in [0.5, 0.6) is 0 Å². The van der Waals surface area contributed by atoms with E-state index in [1.54, 1.807) is 18.2 Å². The summed E-state index contributed by atoms with van der Waals surface area (Å²) in [5.74, 6) is -0.413. The lowest BCUT2D eigenvalue weighted by molar-refractivity contribution is -0.384. The smallest absolute Gasteiger partial charge is 0.271 e. The van der Waals surface area contributed by atoms with Crippen LogP contribution in [-0.2, 0) is 10.0 Å². The molecule has 0 radical (unpaired) electrons. The van der Waals surface area contributed by atoms with E-state index in [0.29, 0.717) is 18.7 Å². The van der Waals surface area contributed by atoms with Gasteiger partial charge >= 0.3 is 0 Å². The van der Waals surface area contributed by atoms with Crippen LogP contribution in [0.3, 0.4) is 0 Å². The van der Waals surface area contributed by atoms with Crippen LogP contribution in [0.1, 0.15) is 23.2 Å². The number of nitro groups is 1. The Bertz CT molecular complexity index is 1010. The second kappa shape index (κ2) is 7.53. The number of hydrogen-bond acceptors (Lipinski definition) is 5. The minimum Gasteiger partial charge on any atom is -0.321 e. The van der Waals surface area contributed by atoms with E-state index in [0.717, 1.165) is 12.5 Å². The van der Waals surface area contributed by atoms with Gasteiger partial charge in [-0.2, -0.15) is 0 Å². The van der Waals surface area contributed by atoms with Gasteiger partial charge in [-0.15, -0.1) is 0 Å². The molecular formula is C17H16ClN3O5S. The SMILES string of the molecule is O=C(Nc1ccc([N+](=O)[O-])cc1Cl)c1cccc(N2CCCCS2(=O)=O)c1. The van der Waals surface area contributed by atoms with Gasteiger partial charge in [-0.1, -0.05) is 17.7 Å². The molecule has 1 fully saturated rings. The molecule has 27 heavy (non-hydrogen) atoms. The zero-order valence-electron chi connectivity index (χ0n) is 14.1. The number of nitrogens with one attached hydrogen (secondary N) is 1. The Hall–Kier alpha value is -2.65. The third kappa shape index (κ3) is 4.20. The van der Waals surface area contributed by atoms with Crippen molar-refractivity contribution in [3.63, 3.8) is 0 Å². The largest absolute Gasteiger partial charge is 0.321 e. The first kappa shape index (κ1) is 19.1. The van der Waals surface area contributed by atoms with Crippen molar-refractivity contribution in [3.05, 3.63) is 63.2 Å². The molecule has 1 amide bonds. The molecule has 3 rings (SSSR count). The summed E-state index contributed by atoms with van der Waals surface area (Å²) in [5, 5.41) is 13.4. The Morgan fingerprint density at radius 1 is 1.19 bits per heavy atom. The highest BCUT2D eigenvalue weighted by Crippen LogP contribution is 2.28. The van der Waals surface area contributed by atoms with E-state index in [9.17, 15) is 23.3 Å². The van der Waals surface area contributed by atoms with Gasteiger partial charge in [0, 0.05) is 24.2 Å². The van der Waals surface area contributed by atoms with Crippen LogP contribution in [0, 0.1) is 10.1 Å².